The van der Waals surface area contributed by atoms with Crippen molar-refractivity contribution in [3.63, 3.8) is 0 Å². The average molecular weight is 222 g/mol. The molecule has 0 aromatic heterocycles. The van der Waals surface area contributed by atoms with Gasteiger partial charge in [-0.15, -0.1) is 0 Å². The zero-order valence-electron chi connectivity index (χ0n) is 9.41. The molecule has 0 fully saturated rings. The molecule has 0 aliphatic heterocycles. The second-order valence-corrected chi connectivity index (χ2v) is 3.26. The average Bonchev–Trinajstić information content (AvgIpc) is 2.16. The van der Waals surface area contributed by atoms with Crippen LogP contribution in [0.1, 0.15) is 33.6 Å². The molecule has 14 heavy (non-hydrogen) atoms. The van der Waals surface area contributed by atoms with Crippen molar-refractivity contribution in [2.45, 2.75) is 39.6 Å². The summed E-state index contributed by atoms with van der Waals surface area (Å²) in [4.78, 5) is 0. The third kappa shape index (κ3) is 5.20. The number of hydrogen-bond acceptors (Lipinski definition) is 4. The van der Waals surface area contributed by atoms with Crippen LogP contribution in [0.5, 0.6) is 0 Å². The van der Waals surface area contributed by atoms with E-state index in [0.29, 0.717) is 19.8 Å². The van der Waals surface area contributed by atoms with E-state index in [0.717, 1.165) is 18.6 Å². The van der Waals surface area contributed by atoms with Gasteiger partial charge in [0, 0.05) is 26.2 Å². The lowest BCUT2D eigenvalue weighted by Crippen LogP contribution is -2.39. The smallest absolute Gasteiger partial charge is 0.282 e. The SMILES string of the molecule is CCOC(CCCS)(OCC)OCC. The minimum atomic E-state index is -0.846. The Hall–Kier alpha value is 0.230. The van der Waals surface area contributed by atoms with E-state index in [1.165, 1.54) is 0 Å². The van der Waals surface area contributed by atoms with Crippen LogP contribution in [0.4, 0.5) is 0 Å². The van der Waals surface area contributed by atoms with Crippen molar-refractivity contribution in [1.29, 1.82) is 0 Å². The zero-order valence-corrected chi connectivity index (χ0v) is 10.3. The molecule has 0 aliphatic rings. The van der Waals surface area contributed by atoms with Crippen molar-refractivity contribution < 1.29 is 14.2 Å². The highest BCUT2D eigenvalue weighted by molar-refractivity contribution is 7.80. The number of rotatable bonds is 9. The van der Waals surface area contributed by atoms with Crippen LogP contribution < -0.4 is 0 Å². The highest BCUT2D eigenvalue weighted by atomic mass is 32.1. The molecule has 3 nitrogen and oxygen atoms in total. The molecule has 0 aromatic carbocycles. The van der Waals surface area contributed by atoms with Crippen molar-refractivity contribution in [3.8, 4) is 0 Å². The summed E-state index contributed by atoms with van der Waals surface area (Å²) in [5, 5.41) is 0. The summed E-state index contributed by atoms with van der Waals surface area (Å²) in [6, 6.07) is 0. The first-order chi connectivity index (χ1) is 6.74. The summed E-state index contributed by atoms with van der Waals surface area (Å²) in [7, 11) is 0. The number of hydrogen-bond donors (Lipinski definition) is 1. The predicted octanol–water partition coefficient (Wildman–Crippen LogP) is 2.46. The molecule has 0 aliphatic carbocycles. The summed E-state index contributed by atoms with van der Waals surface area (Å²) in [6.07, 6.45) is 1.65. The molecule has 0 saturated carbocycles. The largest absolute Gasteiger partial charge is 0.328 e. The van der Waals surface area contributed by atoms with Gasteiger partial charge in [0.25, 0.3) is 5.97 Å². The number of thiol groups is 1. The maximum Gasteiger partial charge on any atom is 0.282 e. The van der Waals surface area contributed by atoms with Gasteiger partial charge in [0.05, 0.1) is 0 Å². The van der Waals surface area contributed by atoms with Gasteiger partial charge in [0.1, 0.15) is 0 Å². The highest BCUT2D eigenvalue weighted by Crippen LogP contribution is 2.22. The van der Waals surface area contributed by atoms with Crippen LogP contribution in [0, 0.1) is 0 Å². The monoisotopic (exact) mass is 222 g/mol. The van der Waals surface area contributed by atoms with E-state index in [1.54, 1.807) is 0 Å². The molecule has 0 unspecified atom stereocenters. The Kier molecular flexibility index (Phi) is 8.67. The van der Waals surface area contributed by atoms with Crippen LogP contribution >= 0.6 is 12.6 Å². The maximum absolute atomic E-state index is 5.53. The first-order valence-corrected chi connectivity index (χ1v) is 5.90. The summed E-state index contributed by atoms with van der Waals surface area (Å²) >= 11 is 4.17. The first-order valence-electron chi connectivity index (χ1n) is 5.27. The van der Waals surface area contributed by atoms with Gasteiger partial charge in [-0.2, -0.15) is 12.6 Å². The highest BCUT2D eigenvalue weighted by Gasteiger charge is 2.31. The molecular formula is C10H22O3S. The summed E-state index contributed by atoms with van der Waals surface area (Å²) in [6.45, 7) is 7.58. The van der Waals surface area contributed by atoms with Crippen molar-refractivity contribution in [2.75, 3.05) is 25.6 Å². The van der Waals surface area contributed by atoms with E-state index in [2.05, 4.69) is 12.6 Å². The van der Waals surface area contributed by atoms with Gasteiger partial charge in [-0.05, 0) is 32.9 Å². The molecule has 0 atom stereocenters. The normalized spacial score (nSPS) is 12.0. The topological polar surface area (TPSA) is 27.7 Å². The maximum atomic E-state index is 5.53. The van der Waals surface area contributed by atoms with Crippen LogP contribution in [0.25, 0.3) is 0 Å². The van der Waals surface area contributed by atoms with Crippen LogP contribution in [-0.4, -0.2) is 31.5 Å². The van der Waals surface area contributed by atoms with Crippen molar-refractivity contribution in [3.05, 3.63) is 0 Å². The van der Waals surface area contributed by atoms with Gasteiger partial charge >= 0.3 is 0 Å². The Morgan fingerprint density at radius 3 is 1.64 bits per heavy atom. The second kappa shape index (κ2) is 8.53. The van der Waals surface area contributed by atoms with E-state index in [9.17, 15) is 0 Å². The van der Waals surface area contributed by atoms with Gasteiger partial charge in [0.2, 0.25) is 0 Å². The van der Waals surface area contributed by atoms with Crippen LogP contribution in [0.2, 0.25) is 0 Å². The molecule has 0 rings (SSSR count). The fourth-order valence-corrected chi connectivity index (χ4v) is 1.45. The molecule has 0 radical (unpaired) electrons. The molecule has 0 spiro atoms. The first kappa shape index (κ1) is 14.2. The lowest BCUT2D eigenvalue weighted by atomic mass is 10.3. The molecule has 86 valence electrons. The lowest BCUT2D eigenvalue weighted by molar-refractivity contribution is -0.379. The summed E-state index contributed by atoms with van der Waals surface area (Å²) in [5.74, 6) is -0.0318. The minimum absolute atomic E-state index is 0.590. The molecule has 4 heteroatoms. The van der Waals surface area contributed by atoms with Crippen LogP contribution in [0.3, 0.4) is 0 Å². The molecule has 0 bridgehead atoms. The Bertz CT molecular complexity index is 114. The summed E-state index contributed by atoms with van der Waals surface area (Å²) in [5.41, 5.74) is 0. The fraction of sp³-hybridized carbons (Fsp3) is 1.00. The molecule has 0 amide bonds. The van der Waals surface area contributed by atoms with Crippen LogP contribution in [-0.2, 0) is 14.2 Å². The Morgan fingerprint density at radius 1 is 0.929 bits per heavy atom. The van der Waals surface area contributed by atoms with E-state index in [4.69, 9.17) is 14.2 Å². The lowest BCUT2D eigenvalue weighted by Gasteiger charge is -2.32. The predicted molar refractivity (Wildman–Crippen MR) is 60.7 cm³/mol. The van der Waals surface area contributed by atoms with E-state index >= 15 is 0 Å². The van der Waals surface area contributed by atoms with Gasteiger partial charge in [-0.3, -0.25) is 0 Å². The van der Waals surface area contributed by atoms with Gasteiger partial charge in [-0.1, -0.05) is 0 Å². The zero-order chi connectivity index (χ0) is 10.9. The molecular weight excluding hydrogens is 200 g/mol. The van der Waals surface area contributed by atoms with Gasteiger partial charge in [-0.25, -0.2) is 0 Å². The summed E-state index contributed by atoms with van der Waals surface area (Å²) < 4.78 is 16.6. The Morgan fingerprint density at radius 2 is 1.36 bits per heavy atom. The number of ether oxygens (including phenoxy) is 3. The van der Waals surface area contributed by atoms with Gasteiger partial charge in [0.15, 0.2) is 0 Å². The van der Waals surface area contributed by atoms with Gasteiger partial charge < -0.3 is 14.2 Å². The third-order valence-electron chi connectivity index (χ3n) is 1.73. The van der Waals surface area contributed by atoms with E-state index in [1.807, 2.05) is 20.8 Å². The van der Waals surface area contributed by atoms with E-state index in [-0.39, 0.29) is 0 Å². The van der Waals surface area contributed by atoms with Crippen molar-refractivity contribution >= 4 is 12.6 Å². The Balaban J connectivity index is 4.21. The fourth-order valence-electron chi connectivity index (χ4n) is 1.30. The quantitative estimate of drug-likeness (QED) is 0.480. The van der Waals surface area contributed by atoms with Crippen LogP contribution in [0.15, 0.2) is 0 Å². The standard InChI is InChI=1S/C10H22O3S/c1-4-11-10(12-5-2,13-6-3)8-7-9-14/h14H,4-9H2,1-3H3. The minimum Gasteiger partial charge on any atom is -0.328 e. The molecule has 0 N–H and O–H groups in total. The van der Waals surface area contributed by atoms with Crippen molar-refractivity contribution in [2.24, 2.45) is 0 Å². The second-order valence-electron chi connectivity index (χ2n) is 2.81. The molecule has 0 heterocycles. The van der Waals surface area contributed by atoms with Crippen molar-refractivity contribution in [1.82, 2.24) is 0 Å². The molecule has 0 saturated heterocycles. The Labute approximate surface area is 92.5 Å². The third-order valence-corrected chi connectivity index (χ3v) is 2.05. The molecule has 0 aromatic rings. The van der Waals surface area contributed by atoms with E-state index < -0.39 is 5.97 Å².